The van der Waals surface area contributed by atoms with Gasteiger partial charge < -0.3 is 18.9 Å². The lowest BCUT2D eigenvalue weighted by atomic mass is 10.1. The number of thiazole rings is 1. The SMILES string of the molecule is COc1ccc(CC(=O)OCc2csc(-c3cccc(OC)c3OC)n2)cc1F. The van der Waals surface area contributed by atoms with Crippen LogP contribution >= 0.6 is 11.3 Å². The van der Waals surface area contributed by atoms with Crippen LogP contribution < -0.4 is 14.2 Å². The standard InChI is InChI=1S/C21H20FNO5S/c1-25-17-8-7-13(9-16(17)22)10-19(24)28-11-14-12-29-21(23-14)15-5-4-6-18(26-2)20(15)27-3/h4-9,12H,10-11H2,1-3H3. The highest BCUT2D eigenvalue weighted by molar-refractivity contribution is 7.13. The van der Waals surface area contributed by atoms with Gasteiger partial charge in [0, 0.05) is 5.38 Å². The molecule has 152 valence electrons. The van der Waals surface area contributed by atoms with Crippen LogP contribution in [-0.4, -0.2) is 32.3 Å². The van der Waals surface area contributed by atoms with Crippen molar-refractivity contribution in [3.05, 3.63) is 58.9 Å². The molecule has 3 aromatic rings. The second-order valence-electron chi connectivity index (χ2n) is 5.99. The molecular formula is C21H20FNO5S. The maximum atomic E-state index is 13.7. The normalized spacial score (nSPS) is 10.5. The zero-order valence-corrected chi connectivity index (χ0v) is 17.0. The largest absolute Gasteiger partial charge is 0.494 e. The molecule has 0 radical (unpaired) electrons. The van der Waals surface area contributed by atoms with Crippen LogP contribution in [-0.2, 0) is 22.6 Å². The lowest BCUT2D eigenvalue weighted by Crippen LogP contribution is -2.08. The van der Waals surface area contributed by atoms with Gasteiger partial charge in [-0.2, -0.15) is 0 Å². The number of halogens is 1. The molecule has 0 atom stereocenters. The molecule has 0 fully saturated rings. The minimum Gasteiger partial charge on any atom is -0.494 e. The molecule has 0 spiro atoms. The Morgan fingerprint density at radius 3 is 2.55 bits per heavy atom. The molecule has 0 aliphatic heterocycles. The first-order valence-corrected chi connectivity index (χ1v) is 9.57. The molecule has 0 bridgehead atoms. The van der Waals surface area contributed by atoms with Crippen LogP contribution in [0.4, 0.5) is 4.39 Å². The van der Waals surface area contributed by atoms with E-state index in [1.165, 1.54) is 30.6 Å². The lowest BCUT2D eigenvalue weighted by molar-refractivity contribution is -0.144. The van der Waals surface area contributed by atoms with Crippen LogP contribution in [0.15, 0.2) is 41.8 Å². The zero-order chi connectivity index (χ0) is 20.8. The Balaban J connectivity index is 1.64. The van der Waals surface area contributed by atoms with E-state index >= 15 is 0 Å². The number of para-hydroxylation sites is 1. The molecule has 1 aromatic heterocycles. The summed E-state index contributed by atoms with van der Waals surface area (Å²) in [7, 11) is 4.53. The number of esters is 1. The van der Waals surface area contributed by atoms with Crippen LogP contribution in [0, 0.1) is 5.82 Å². The first-order valence-electron chi connectivity index (χ1n) is 8.69. The van der Waals surface area contributed by atoms with Gasteiger partial charge in [-0.25, -0.2) is 9.37 Å². The zero-order valence-electron chi connectivity index (χ0n) is 16.2. The predicted octanol–water partition coefficient (Wildman–Crippen LogP) is 4.26. The van der Waals surface area contributed by atoms with Gasteiger partial charge in [0.05, 0.1) is 39.0 Å². The van der Waals surface area contributed by atoms with Gasteiger partial charge in [-0.1, -0.05) is 12.1 Å². The van der Waals surface area contributed by atoms with Gasteiger partial charge in [0.25, 0.3) is 0 Å². The van der Waals surface area contributed by atoms with Gasteiger partial charge in [-0.05, 0) is 29.8 Å². The fourth-order valence-electron chi connectivity index (χ4n) is 2.74. The van der Waals surface area contributed by atoms with Crippen molar-refractivity contribution in [1.82, 2.24) is 4.98 Å². The molecular weight excluding hydrogens is 397 g/mol. The second-order valence-corrected chi connectivity index (χ2v) is 6.85. The molecule has 0 unspecified atom stereocenters. The molecule has 6 nitrogen and oxygen atoms in total. The Bertz CT molecular complexity index is 1000. The van der Waals surface area contributed by atoms with Crippen LogP contribution in [0.25, 0.3) is 10.6 Å². The molecule has 0 saturated carbocycles. The van der Waals surface area contributed by atoms with Crippen LogP contribution in [0.1, 0.15) is 11.3 Å². The molecule has 0 aliphatic carbocycles. The fourth-order valence-corrected chi connectivity index (χ4v) is 3.57. The Morgan fingerprint density at radius 1 is 1.07 bits per heavy atom. The first-order chi connectivity index (χ1) is 14.0. The minimum atomic E-state index is -0.519. The van der Waals surface area contributed by atoms with E-state index in [2.05, 4.69) is 4.98 Å². The molecule has 3 rings (SSSR count). The summed E-state index contributed by atoms with van der Waals surface area (Å²) in [6, 6.07) is 9.90. The number of ether oxygens (including phenoxy) is 4. The van der Waals surface area contributed by atoms with E-state index < -0.39 is 11.8 Å². The fraction of sp³-hybridized carbons (Fsp3) is 0.238. The number of hydrogen-bond donors (Lipinski definition) is 0. The minimum absolute atomic E-state index is 0.0280. The number of aromatic nitrogens is 1. The molecule has 0 saturated heterocycles. The third kappa shape index (κ3) is 4.83. The van der Waals surface area contributed by atoms with E-state index in [-0.39, 0.29) is 18.8 Å². The molecule has 29 heavy (non-hydrogen) atoms. The van der Waals surface area contributed by atoms with Crippen molar-refractivity contribution in [2.75, 3.05) is 21.3 Å². The van der Waals surface area contributed by atoms with E-state index in [4.69, 9.17) is 18.9 Å². The number of rotatable bonds is 8. The summed E-state index contributed by atoms with van der Waals surface area (Å²) in [5.74, 6) is 0.344. The number of benzene rings is 2. The summed E-state index contributed by atoms with van der Waals surface area (Å²) in [6.07, 6.45) is -0.0401. The lowest BCUT2D eigenvalue weighted by Gasteiger charge is -2.10. The van der Waals surface area contributed by atoms with Crippen molar-refractivity contribution in [2.45, 2.75) is 13.0 Å². The summed E-state index contributed by atoms with van der Waals surface area (Å²) in [5, 5.41) is 2.54. The van der Waals surface area contributed by atoms with Gasteiger partial charge in [0.2, 0.25) is 0 Å². The number of carbonyl (C=O) groups is 1. The molecule has 0 amide bonds. The summed E-state index contributed by atoms with van der Waals surface area (Å²) >= 11 is 1.41. The van der Waals surface area contributed by atoms with Crippen LogP contribution in [0.5, 0.6) is 17.2 Å². The molecule has 8 heteroatoms. The van der Waals surface area contributed by atoms with E-state index in [0.29, 0.717) is 22.8 Å². The number of hydrogen-bond acceptors (Lipinski definition) is 7. The highest BCUT2D eigenvalue weighted by Crippen LogP contribution is 2.39. The Kier molecular flexibility index (Phi) is 6.66. The Hall–Kier alpha value is -3.13. The maximum Gasteiger partial charge on any atom is 0.310 e. The van der Waals surface area contributed by atoms with Crippen molar-refractivity contribution in [2.24, 2.45) is 0 Å². The van der Waals surface area contributed by atoms with Gasteiger partial charge in [-0.3, -0.25) is 4.79 Å². The highest BCUT2D eigenvalue weighted by Gasteiger charge is 2.15. The molecule has 2 aromatic carbocycles. The summed E-state index contributed by atoms with van der Waals surface area (Å²) < 4.78 is 34.6. The molecule has 0 N–H and O–H groups in total. The average Bonchev–Trinajstić information content (AvgIpc) is 3.20. The average molecular weight is 417 g/mol. The molecule has 1 heterocycles. The summed E-state index contributed by atoms with van der Waals surface area (Å²) in [5.41, 5.74) is 1.92. The highest BCUT2D eigenvalue weighted by atomic mass is 32.1. The van der Waals surface area contributed by atoms with E-state index in [1.54, 1.807) is 26.4 Å². The van der Waals surface area contributed by atoms with E-state index in [9.17, 15) is 9.18 Å². The van der Waals surface area contributed by atoms with Crippen LogP contribution in [0.2, 0.25) is 0 Å². The monoisotopic (exact) mass is 417 g/mol. The van der Waals surface area contributed by atoms with Crippen molar-refractivity contribution in [3.63, 3.8) is 0 Å². The third-order valence-electron chi connectivity index (χ3n) is 4.13. The van der Waals surface area contributed by atoms with Gasteiger partial charge in [0.15, 0.2) is 23.1 Å². The first kappa shape index (κ1) is 20.6. The summed E-state index contributed by atoms with van der Waals surface area (Å²) in [6.45, 7) is 0.0280. The Labute approximate surface area is 171 Å². The van der Waals surface area contributed by atoms with Crippen molar-refractivity contribution < 1.29 is 28.1 Å². The number of nitrogens with zero attached hydrogens (tertiary/aromatic N) is 1. The Morgan fingerprint density at radius 2 is 1.86 bits per heavy atom. The number of carbonyl (C=O) groups excluding carboxylic acids is 1. The topological polar surface area (TPSA) is 66.9 Å². The predicted molar refractivity (Wildman–Crippen MR) is 107 cm³/mol. The van der Waals surface area contributed by atoms with Gasteiger partial charge in [-0.15, -0.1) is 11.3 Å². The molecule has 0 aliphatic rings. The van der Waals surface area contributed by atoms with Crippen molar-refractivity contribution >= 4 is 17.3 Å². The second kappa shape index (κ2) is 9.38. The maximum absolute atomic E-state index is 13.7. The van der Waals surface area contributed by atoms with Crippen LogP contribution in [0.3, 0.4) is 0 Å². The number of methoxy groups -OCH3 is 3. The van der Waals surface area contributed by atoms with E-state index in [1.807, 2.05) is 17.5 Å². The summed E-state index contributed by atoms with van der Waals surface area (Å²) in [4.78, 5) is 16.6. The van der Waals surface area contributed by atoms with Crippen molar-refractivity contribution in [1.29, 1.82) is 0 Å². The van der Waals surface area contributed by atoms with Gasteiger partial charge in [0.1, 0.15) is 11.6 Å². The quantitative estimate of drug-likeness (QED) is 0.510. The third-order valence-corrected chi connectivity index (χ3v) is 5.06. The smallest absolute Gasteiger partial charge is 0.310 e. The van der Waals surface area contributed by atoms with Gasteiger partial charge >= 0.3 is 5.97 Å². The van der Waals surface area contributed by atoms with Crippen molar-refractivity contribution in [3.8, 4) is 27.8 Å². The van der Waals surface area contributed by atoms with E-state index in [0.717, 1.165) is 10.6 Å².